The summed E-state index contributed by atoms with van der Waals surface area (Å²) in [5, 5.41) is 7.01. The van der Waals surface area contributed by atoms with Crippen molar-refractivity contribution < 1.29 is 19.1 Å². The number of likely N-dealkylation sites (tertiary alicyclic amines) is 1. The van der Waals surface area contributed by atoms with Crippen LogP contribution in [0.2, 0.25) is 0 Å². The van der Waals surface area contributed by atoms with Gasteiger partial charge < -0.3 is 34.3 Å². The molecule has 12 nitrogen and oxygen atoms in total. The van der Waals surface area contributed by atoms with Gasteiger partial charge in [-0.15, -0.1) is 0 Å². The van der Waals surface area contributed by atoms with Crippen molar-refractivity contribution in [3.8, 4) is 11.5 Å². The summed E-state index contributed by atoms with van der Waals surface area (Å²) in [6, 6.07) is 11.0. The molecule has 3 amide bonds. The average Bonchev–Trinajstić information content (AvgIpc) is 3.68. The standard InChI is InChI=1S/C36H46N8O4/c1-36(2,3)48-35(47)39-27-19-26(38-31(45)10-8-16-41(4)5)21-43(22-27)34(46)25-13-14-29-28(17-25)40-33(42(29)6)30-18-24-9-7-15-37-32(24)44(30)20-23-11-12-23/h7-10,13-15,17-18,23,26-27H,11-12,16,19-22H2,1-6H3,(H,38,45)(H,39,47)/b10-8+/t26-,27?/m0/s1. The maximum absolute atomic E-state index is 14.0. The number of benzene rings is 1. The number of imidazole rings is 1. The second-order valence-corrected chi connectivity index (χ2v) is 14.4. The normalized spacial score (nSPS) is 18.6. The number of hydrogen-bond donors (Lipinski definition) is 2. The summed E-state index contributed by atoms with van der Waals surface area (Å²) in [7, 11) is 5.85. The number of carbonyl (C=O) groups is 3. The Kier molecular flexibility index (Phi) is 9.28. The van der Waals surface area contributed by atoms with E-state index in [4.69, 9.17) is 9.72 Å². The topological polar surface area (TPSA) is 127 Å². The molecule has 4 heterocycles. The number of amides is 3. The Morgan fingerprint density at radius 1 is 1.06 bits per heavy atom. The lowest BCUT2D eigenvalue weighted by molar-refractivity contribution is -0.117. The summed E-state index contributed by atoms with van der Waals surface area (Å²) in [4.78, 5) is 52.8. The van der Waals surface area contributed by atoms with Crippen LogP contribution in [0.15, 0.2) is 54.7 Å². The first-order valence-corrected chi connectivity index (χ1v) is 16.7. The summed E-state index contributed by atoms with van der Waals surface area (Å²) in [6.45, 7) is 7.51. The number of piperidine rings is 1. The number of carbonyl (C=O) groups excluding carboxylic acids is 3. The minimum absolute atomic E-state index is 0.200. The average molecular weight is 655 g/mol. The van der Waals surface area contributed by atoms with Crippen molar-refractivity contribution in [1.29, 1.82) is 0 Å². The molecule has 0 spiro atoms. The number of hydrogen-bond acceptors (Lipinski definition) is 7. The number of alkyl carbamates (subject to hydrolysis) is 1. The van der Waals surface area contributed by atoms with Crippen molar-refractivity contribution in [2.24, 2.45) is 13.0 Å². The van der Waals surface area contributed by atoms with Crippen LogP contribution < -0.4 is 10.6 Å². The van der Waals surface area contributed by atoms with Gasteiger partial charge in [0.2, 0.25) is 5.91 Å². The molecule has 3 aromatic heterocycles. The van der Waals surface area contributed by atoms with Crippen LogP contribution in [0.4, 0.5) is 4.79 Å². The van der Waals surface area contributed by atoms with E-state index in [-0.39, 0.29) is 24.4 Å². The maximum atomic E-state index is 14.0. The Bertz CT molecular complexity index is 1860. The molecule has 2 aliphatic rings. The molecule has 0 radical (unpaired) electrons. The zero-order valence-corrected chi connectivity index (χ0v) is 28.7. The van der Waals surface area contributed by atoms with Gasteiger partial charge in [0.15, 0.2) is 5.82 Å². The number of fused-ring (bicyclic) bond motifs is 2. The number of rotatable bonds is 9. The third-order valence-corrected chi connectivity index (χ3v) is 8.69. The van der Waals surface area contributed by atoms with Gasteiger partial charge in [-0.3, -0.25) is 9.59 Å². The molecule has 0 bridgehead atoms. The van der Waals surface area contributed by atoms with E-state index in [0.717, 1.165) is 34.6 Å². The predicted octanol–water partition coefficient (Wildman–Crippen LogP) is 4.34. The van der Waals surface area contributed by atoms with Crippen LogP contribution in [-0.2, 0) is 23.1 Å². The summed E-state index contributed by atoms with van der Waals surface area (Å²) < 4.78 is 9.83. The highest BCUT2D eigenvalue weighted by atomic mass is 16.6. The first kappa shape index (κ1) is 33.2. The van der Waals surface area contributed by atoms with Crippen molar-refractivity contribution in [2.75, 3.05) is 33.7 Å². The van der Waals surface area contributed by atoms with Gasteiger partial charge in [-0.25, -0.2) is 14.8 Å². The second kappa shape index (κ2) is 13.4. The van der Waals surface area contributed by atoms with E-state index in [9.17, 15) is 14.4 Å². The molecule has 2 N–H and O–H groups in total. The van der Waals surface area contributed by atoms with Crippen LogP contribution in [0.25, 0.3) is 33.6 Å². The van der Waals surface area contributed by atoms with E-state index in [1.807, 2.05) is 56.5 Å². The predicted molar refractivity (Wildman–Crippen MR) is 185 cm³/mol. The molecule has 6 rings (SSSR count). The van der Waals surface area contributed by atoms with Crippen molar-refractivity contribution >= 4 is 40.0 Å². The lowest BCUT2D eigenvalue weighted by Crippen LogP contribution is -2.58. The van der Waals surface area contributed by atoms with Crippen molar-refractivity contribution in [1.82, 2.24) is 39.5 Å². The van der Waals surface area contributed by atoms with E-state index >= 15 is 0 Å². The van der Waals surface area contributed by atoms with Gasteiger partial charge in [0.25, 0.3) is 5.91 Å². The minimum atomic E-state index is -0.668. The van der Waals surface area contributed by atoms with E-state index in [2.05, 4.69) is 36.9 Å². The van der Waals surface area contributed by atoms with Gasteiger partial charge in [-0.2, -0.15) is 0 Å². The molecule has 1 aromatic carbocycles. The summed E-state index contributed by atoms with van der Waals surface area (Å²) in [5.74, 6) is 1.03. The van der Waals surface area contributed by atoms with E-state index in [0.29, 0.717) is 36.5 Å². The summed E-state index contributed by atoms with van der Waals surface area (Å²) in [6.07, 6.45) is 7.47. The molecule has 2 atom stereocenters. The van der Waals surface area contributed by atoms with Gasteiger partial charge in [0, 0.05) is 62.5 Å². The molecule has 2 fully saturated rings. The largest absolute Gasteiger partial charge is 0.444 e. The molecule has 1 aliphatic heterocycles. The Balaban J connectivity index is 1.26. The van der Waals surface area contributed by atoms with E-state index in [1.165, 1.54) is 18.9 Å². The van der Waals surface area contributed by atoms with Crippen molar-refractivity contribution in [3.63, 3.8) is 0 Å². The van der Waals surface area contributed by atoms with E-state index < -0.39 is 17.7 Å². The molecule has 1 aliphatic carbocycles. The number of aromatic nitrogens is 4. The summed E-state index contributed by atoms with van der Waals surface area (Å²) in [5.41, 5.74) is 3.41. The lowest BCUT2D eigenvalue weighted by Gasteiger charge is -2.38. The lowest BCUT2D eigenvalue weighted by atomic mass is 9.99. The molecule has 1 unspecified atom stereocenters. The van der Waals surface area contributed by atoms with Crippen LogP contribution >= 0.6 is 0 Å². The Morgan fingerprint density at radius 2 is 1.81 bits per heavy atom. The molecule has 254 valence electrons. The molecule has 1 saturated heterocycles. The SMILES string of the molecule is CN(C)C/C=C/C(=O)N[C@H]1CC(NC(=O)OC(C)(C)C)CN(C(=O)c2ccc3c(c2)nc(-c2cc4cccnc4n2CC2CC2)n3C)C1. The Hall–Kier alpha value is -4.71. The highest BCUT2D eigenvalue weighted by Gasteiger charge is 2.33. The van der Waals surface area contributed by atoms with Crippen LogP contribution in [0.3, 0.4) is 0 Å². The molecular formula is C36H46N8O4. The second-order valence-electron chi connectivity index (χ2n) is 14.4. The smallest absolute Gasteiger partial charge is 0.407 e. The van der Waals surface area contributed by atoms with Crippen molar-refractivity contribution in [2.45, 2.75) is 64.3 Å². The monoisotopic (exact) mass is 654 g/mol. The summed E-state index contributed by atoms with van der Waals surface area (Å²) >= 11 is 0. The van der Waals surface area contributed by atoms with Gasteiger partial charge in [0.05, 0.1) is 22.8 Å². The number of pyridine rings is 1. The fourth-order valence-electron chi connectivity index (χ4n) is 6.33. The number of ether oxygens (including phenoxy) is 1. The van der Waals surface area contributed by atoms with E-state index in [1.54, 1.807) is 31.7 Å². The molecule has 1 saturated carbocycles. The molecule has 48 heavy (non-hydrogen) atoms. The highest BCUT2D eigenvalue weighted by Crippen LogP contribution is 2.36. The van der Waals surface area contributed by atoms with Gasteiger partial charge >= 0.3 is 6.09 Å². The Morgan fingerprint density at radius 3 is 2.52 bits per heavy atom. The number of nitrogens with one attached hydrogen (secondary N) is 2. The Labute approximate surface area is 281 Å². The van der Waals surface area contributed by atoms with Gasteiger partial charge in [-0.1, -0.05) is 6.08 Å². The first-order valence-electron chi connectivity index (χ1n) is 16.7. The third kappa shape index (κ3) is 7.70. The highest BCUT2D eigenvalue weighted by molar-refractivity contribution is 5.98. The zero-order chi connectivity index (χ0) is 34.2. The zero-order valence-electron chi connectivity index (χ0n) is 28.7. The quantitative estimate of drug-likeness (QED) is 0.257. The third-order valence-electron chi connectivity index (χ3n) is 8.69. The maximum Gasteiger partial charge on any atom is 0.407 e. The van der Waals surface area contributed by atoms with Crippen LogP contribution in [0.1, 0.15) is 50.4 Å². The number of aryl methyl sites for hydroxylation is 1. The number of nitrogens with zero attached hydrogens (tertiary/aromatic N) is 6. The van der Waals surface area contributed by atoms with Crippen LogP contribution in [0.5, 0.6) is 0 Å². The molecule has 12 heteroatoms. The van der Waals surface area contributed by atoms with Crippen molar-refractivity contribution in [3.05, 3.63) is 60.3 Å². The van der Waals surface area contributed by atoms with Crippen LogP contribution in [0, 0.1) is 5.92 Å². The number of likely N-dealkylation sites (N-methyl/N-ethyl adjacent to an activating group) is 1. The fraction of sp³-hybridized carbons (Fsp3) is 0.472. The molecular weight excluding hydrogens is 608 g/mol. The van der Waals surface area contributed by atoms with Gasteiger partial charge in [-0.05, 0) is 96.4 Å². The minimum Gasteiger partial charge on any atom is -0.444 e. The first-order chi connectivity index (χ1) is 22.8. The molecule has 4 aromatic rings. The van der Waals surface area contributed by atoms with Crippen LogP contribution in [-0.4, -0.2) is 98.2 Å². The van der Waals surface area contributed by atoms with Gasteiger partial charge in [0.1, 0.15) is 11.2 Å². The fourth-order valence-corrected chi connectivity index (χ4v) is 6.33.